The van der Waals surface area contributed by atoms with Gasteiger partial charge in [0.15, 0.2) is 0 Å². The average Bonchev–Trinajstić information content (AvgIpc) is 2.21. The number of halogens is 2. The Balaban J connectivity index is 2.26. The summed E-state index contributed by atoms with van der Waals surface area (Å²) in [5, 5.41) is 10.9. The van der Waals surface area contributed by atoms with Crippen LogP contribution in [0.25, 0.3) is 0 Å². The fraction of sp³-hybridized carbons (Fsp3) is 0.571. The van der Waals surface area contributed by atoms with Crippen molar-refractivity contribution in [2.75, 3.05) is 11.5 Å². The molecule has 1 fully saturated rings. The topological polar surface area (TPSA) is 20.2 Å². The van der Waals surface area contributed by atoms with Crippen LogP contribution < -0.4 is 0 Å². The van der Waals surface area contributed by atoms with Crippen LogP contribution in [-0.4, -0.2) is 22.2 Å². The average molecular weight is 333 g/mol. The van der Waals surface area contributed by atoms with Gasteiger partial charge in [-0.1, -0.05) is 29.8 Å². The SMILES string of the molecule is CC1(C)CCSCC1(O)Cc1cc(F)cc(Br)c1. The van der Waals surface area contributed by atoms with Gasteiger partial charge in [-0.05, 0) is 41.4 Å². The lowest BCUT2D eigenvalue weighted by Crippen LogP contribution is -2.51. The van der Waals surface area contributed by atoms with E-state index >= 15 is 0 Å². The van der Waals surface area contributed by atoms with Gasteiger partial charge in [-0.3, -0.25) is 0 Å². The first-order valence-electron chi connectivity index (χ1n) is 6.08. The molecular weight excluding hydrogens is 315 g/mol. The molecule has 0 aliphatic carbocycles. The fourth-order valence-corrected chi connectivity index (χ4v) is 4.48. The maximum Gasteiger partial charge on any atom is 0.124 e. The molecule has 0 spiro atoms. The Hall–Kier alpha value is -0.0600. The van der Waals surface area contributed by atoms with E-state index in [9.17, 15) is 9.50 Å². The van der Waals surface area contributed by atoms with Crippen LogP contribution in [0.3, 0.4) is 0 Å². The molecule has 0 amide bonds. The predicted molar refractivity (Wildman–Crippen MR) is 78.5 cm³/mol. The molecular formula is C14H18BrFOS. The summed E-state index contributed by atoms with van der Waals surface area (Å²) in [5.41, 5.74) is -0.0415. The summed E-state index contributed by atoms with van der Waals surface area (Å²) in [6.07, 6.45) is 1.49. The minimum atomic E-state index is -0.761. The first-order chi connectivity index (χ1) is 8.32. The van der Waals surface area contributed by atoms with Crippen LogP contribution >= 0.6 is 27.7 Å². The van der Waals surface area contributed by atoms with Gasteiger partial charge in [-0.2, -0.15) is 11.8 Å². The molecule has 1 aliphatic heterocycles. The molecule has 4 heteroatoms. The lowest BCUT2D eigenvalue weighted by atomic mass is 9.70. The number of aliphatic hydroxyl groups is 1. The minimum absolute atomic E-state index is 0.128. The van der Waals surface area contributed by atoms with Crippen molar-refractivity contribution in [3.8, 4) is 0 Å². The van der Waals surface area contributed by atoms with Crippen molar-refractivity contribution in [1.82, 2.24) is 0 Å². The molecule has 100 valence electrons. The third-order valence-corrected chi connectivity index (χ3v) is 5.52. The van der Waals surface area contributed by atoms with Crippen LogP contribution in [0.4, 0.5) is 4.39 Å². The lowest BCUT2D eigenvalue weighted by molar-refractivity contribution is -0.0513. The van der Waals surface area contributed by atoms with Crippen molar-refractivity contribution >= 4 is 27.7 Å². The first kappa shape index (κ1) is 14.4. The Morgan fingerprint density at radius 3 is 2.72 bits per heavy atom. The highest BCUT2D eigenvalue weighted by Crippen LogP contribution is 2.44. The molecule has 0 saturated carbocycles. The summed E-state index contributed by atoms with van der Waals surface area (Å²) in [6, 6.07) is 4.84. The standard InChI is InChI=1S/C14H18BrFOS/c1-13(2)3-4-18-9-14(13,17)8-10-5-11(15)7-12(16)6-10/h5-7,17H,3-4,8-9H2,1-2H3. The summed E-state index contributed by atoms with van der Waals surface area (Å²) in [4.78, 5) is 0. The van der Waals surface area contributed by atoms with Crippen molar-refractivity contribution in [3.05, 3.63) is 34.1 Å². The van der Waals surface area contributed by atoms with Crippen molar-refractivity contribution in [3.63, 3.8) is 0 Å². The van der Waals surface area contributed by atoms with E-state index in [0.717, 1.165) is 22.2 Å². The largest absolute Gasteiger partial charge is 0.388 e. The zero-order valence-corrected chi connectivity index (χ0v) is 13.1. The molecule has 18 heavy (non-hydrogen) atoms. The van der Waals surface area contributed by atoms with E-state index in [1.807, 2.05) is 6.07 Å². The zero-order chi connectivity index (χ0) is 13.4. The minimum Gasteiger partial charge on any atom is -0.388 e. The maximum atomic E-state index is 13.4. The van der Waals surface area contributed by atoms with E-state index in [0.29, 0.717) is 12.2 Å². The lowest BCUT2D eigenvalue weighted by Gasteiger charge is -2.46. The van der Waals surface area contributed by atoms with Gasteiger partial charge >= 0.3 is 0 Å². The molecule has 1 nitrogen and oxygen atoms in total. The molecule has 1 aromatic rings. The second-order valence-corrected chi connectivity index (χ2v) is 7.69. The van der Waals surface area contributed by atoms with E-state index in [2.05, 4.69) is 29.8 Å². The molecule has 1 N–H and O–H groups in total. The molecule has 1 saturated heterocycles. The molecule has 1 heterocycles. The number of hydrogen-bond donors (Lipinski definition) is 1. The van der Waals surface area contributed by atoms with Gasteiger partial charge in [0.05, 0.1) is 5.60 Å². The third-order valence-electron chi connectivity index (χ3n) is 3.89. The number of thioether (sulfide) groups is 1. The zero-order valence-electron chi connectivity index (χ0n) is 10.7. The van der Waals surface area contributed by atoms with Gasteiger partial charge in [0.1, 0.15) is 5.82 Å². The van der Waals surface area contributed by atoms with Gasteiger partial charge < -0.3 is 5.11 Å². The van der Waals surface area contributed by atoms with Crippen LogP contribution in [0.15, 0.2) is 22.7 Å². The normalized spacial score (nSPS) is 27.2. The molecule has 0 radical (unpaired) electrons. The highest BCUT2D eigenvalue weighted by molar-refractivity contribution is 9.10. The molecule has 2 rings (SSSR count). The van der Waals surface area contributed by atoms with Crippen LogP contribution in [0, 0.1) is 11.2 Å². The summed E-state index contributed by atoms with van der Waals surface area (Å²) >= 11 is 5.07. The van der Waals surface area contributed by atoms with E-state index in [1.54, 1.807) is 11.8 Å². The van der Waals surface area contributed by atoms with E-state index in [1.165, 1.54) is 12.1 Å². The smallest absolute Gasteiger partial charge is 0.124 e. The Labute approximate surface area is 120 Å². The summed E-state index contributed by atoms with van der Waals surface area (Å²) < 4.78 is 14.1. The van der Waals surface area contributed by atoms with Crippen LogP contribution in [0.2, 0.25) is 0 Å². The van der Waals surface area contributed by atoms with Crippen molar-refractivity contribution < 1.29 is 9.50 Å². The van der Waals surface area contributed by atoms with Gasteiger partial charge in [0.25, 0.3) is 0 Å². The predicted octanol–water partition coefficient (Wildman–Crippen LogP) is 4.02. The molecule has 1 atom stereocenters. The van der Waals surface area contributed by atoms with Crippen molar-refractivity contribution in [2.45, 2.75) is 32.3 Å². The summed E-state index contributed by atoms with van der Waals surface area (Å²) in [7, 11) is 0. The summed E-state index contributed by atoms with van der Waals surface area (Å²) in [5.74, 6) is 1.54. The van der Waals surface area contributed by atoms with E-state index < -0.39 is 5.60 Å². The Bertz CT molecular complexity index is 429. The quantitative estimate of drug-likeness (QED) is 0.882. The van der Waals surface area contributed by atoms with Crippen molar-refractivity contribution in [1.29, 1.82) is 0 Å². The molecule has 1 aliphatic rings. The monoisotopic (exact) mass is 332 g/mol. The van der Waals surface area contributed by atoms with Gasteiger partial charge in [-0.15, -0.1) is 0 Å². The van der Waals surface area contributed by atoms with Crippen LogP contribution in [0.1, 0.15) is 25.8 Å². The van der Waals surface area contributed by atoms with E-state index in [-0.39, 0.29) is 11.2 Å². The van der Waals surface area contributed by atoms with Gasteiger partial charge in [0, 0.05) is 16.6 Å². The van der Waals surface area contributed by atoms with Gasteiger partial charge in [0.2, 0.25) is 0 Å². The third kappa shape index (κ3) is 2.91. The van der Waals surface area contributed by atoms with Crippen LogP contribution in [0.5, 0.6) is 0 Å². The Morgan fingerprint density at radius 1 is 1.39 bits per heavy atom. The number of rotatable bonds is 2. The molecule has 0 bridgehead atoms. The number of hydrogen-bond acceptors (Lipinski definition) is 2. The second-order valence-electron chi connectivity index (χ2n) is 5.67. The number of benzene rings is 1. The Morgan fingerprint density at radius 2 is 2.11 bits per heavy atom. The van der Waals surface area contributed by atoms with E-state index in [4.69, 9.17) is 0 Å². The fourth-order valence-electron chi connectivity index (χ4n) is 2.34. The van der Waals surface area contributed by atoms with Crippen molar-refractivity contribution in [2.24, 2.45) is 5.41 Å². The maximum absolute atomic E-state index is 13.4. The van der Waals surface area contributed by atoms with Gasteiger partial charge in [-0.25, -0.2) is 4.39 Å². The second kappa shape index (κ2) is 5.14. The highest BCUT2D eigenvalue weighted by atomic mass is 79.9. The summed E-state index contributed by atoms with van der Waals surface area (Å²) in [6.45, 7) is 4.20. The molecule has 1 unspecified atom stereocenters. The van der Waals surface area contributed by atoms with Crippen LogP contribution in [-0.2, 0) is 6.42 Å². The highest BCUT2D eigenvalue weighted by Gasteiger charge is 2.45. The molecule has 1 aromatic carbocycles. The first-order valence-corrected chi connectivity index (χ1v) is 8.02. The Kier molecular flexibility index (Phi) is 4.10. The molecule has 0 aromatic heterocycles.